The molecule has 20 heavy (non-hydrogen) atoms. The maximum absolute atomic E-state index is 8.98. The molecule has 0 radical (unpaired) electrons. The smallest absolute Gasteiger partial charge is 0.128 e. The highest BCUT2D eigenvalue weighted by atomic mass is 16.2. The van der Waals surface area contributed by atoms with E-state index in [1.54, 1.807) is 0 Å². The van der Waals surface area contributed by atoms with Crippen molar-refractivity contribution in [1.29, 1.82) is 0 Å². The van der Waals surface area contributed by atoms with E-state index in [2.05, 4.69) is 46.3 Å². The SMILES string of the molecule is Cc1cccc(C2CCNc3c(CCCO)cnn32)c1. The lowest BCUT2D eigenvalue weighted by Crippen LogP contribution is -2.25. The molecule has 1 aromatic carbocycles. The normalized spacial score (nSPS) is 17.6. The monoisotopic (exact) mass is 271 g/mol. The van der Waals surface area contributed by atoms with Crippen molar-refractivity contribution in [2.24, 2.45) is 0 Å². The third-order valence-electron chi connectivity index (χ3n) is 3.91. The Labute approximate surface area is 119 Å². The third kappa shape index (κ3) is 2.43. The Hall–Kier alpha value is -1.81. The lowest BCUT2D eigenvalue weighted by Gasteiger charge is -2.27. The standard InChI is InChI=1S/C16H21N3O/c1-12-4-2-5-13(10-12)15-7-8-17-16-14(6-3-9-20)11-18-19(15)16/h2,4-5,10-11,15,17,20H,3,6-9H2,1H3. The van der Waals surface area contributed by atoms with Gasteiger partial charge < -0.3 is 10.4 Å². The quantitative estimate of drug-likeness (QED) is 0.898. The summed E-state index contributed by atoms with van der Waals surface area (Å²) in [5, 5.41) is 17.0. The van der Waals surface area contributed by atoms with Crippen LogP contribution in [0.15, 0.2) is 30.5 Å². The molecule has 106 valence electrons. The molecule has 1 aliphatic heterocycles. The van der Waals surface area contributed by atoms with Gasteiger partial charge in [-0.1, -0.05) is 29.8 Å². The van der Waals surface area contributed by atoms with Gasteiger partial charge in [-0.15, -0.1) is 0 Å². The minimum Gasteiger partial charge on any atom is -0.396 e. The highest BCUT2D eigenvalue weighted by Crippen LogP contribution is 2.31. The van der Waals surface area contributed by atoms with Crippen molar-refractivity contribution in [3.63, 3.8) is 0 Å². The zero-order valence-electron chi connectivity index (χ0n) is 11.8. The Kier molecular flexibility index (Phi) is 3.74. The largest absolute Gasteiger partial charge is 0.396 e. The molecule has 3 rings (SSSR count). The molecule has 1 unspecified atom stereocenters. The van der Waals surface area contributed by atoms with E-state index in [-0.39, 0.29) is 6.61 Å². The average molecular weight is 271 g/mol. The number of aliphatic hydroxyl groups is 1. The zero-order chi connectivity index (χ0) is 13.9. The molecular formula is C16H21N3O. The molecule has 0 bridgehead atoms. The van der Waals surface area contributed by atoms with E-state index >= 15 is 0 Å². The van der Waals surface area contributed by atoms with Crippen molar-refractivity contribution in [3.8, 4) is 0 Å². The Morgan fingerprint density at radius 3 is 3.15 bits per heavy atom. The van der Waals surface area contributed by atoms with Gasteiger partial charge in [0.2, 0.25) is 0 Å². The van der Waals surface area contributed by atoms with Crippen molar-refractivity contribution in [2.75, 3.05) is 18.5 Å². The van der Waals surface area contributed by atoms with Crippen LogP contribution in [0.25, 0.3) is 0 Å². The van der Waals surface area contributed by atoms with Gasteiger partial charge in [0.05, 0.1) is 12.2 Å². The van der Waals surface area contributed by atoms with Gasteiger partial charge in [-0.05, 0) is 31.7 Å². The van der Waals surface area contributed by atoms with Crippen LogP contribution in [0.4, 0.5) is 5.82 Å². The molecule has 1 aromatic heterocycles. The number of aromatic nitrogens is 2. The molecule has 2 heterocycles. The Balaban J connectivity index is 1.92. The maximum atomic E-state index is 8.98. The van der Waals surface area contributed by atoms with E-state index in [9.17, 15) is 0 Å². The molecule has 0 fully saturated rings. The van der Waals surface area contributed by atoms with Crippen molar-refractivity contribution in [3.05, 3.63) is 47.2 Å². The first-order valence-electron chi connectivity index (χ1n) is 7.27. The molecule has 0 saturated heterocycles. The third-order valence-corrected chi connectivity index (χ3v) is 3.91. The highest BCUT2D eigenvalue weighted by Gasteiger charge is 2.24. The summed E-state index contributed by atoms with van der Waals surface area (Å²) in [7, 11) is 0. The number of aryl methyl sites for hydroxylation is 2. The molecule has 2 aromatic rings. The Morgan fingerprint density at radius 1 is 1.45 bits per heavy atom. The first-order chi connectivity index (χ1) is 9.79. The minimum absolute atomic E-state index is 0.228. The first-order valence-corrected chi connectivity index (χ1v) is 7.27. The summed E-state index contributed by atoms with van der Waals surface area (Å²) in [5.41, 5.74) is 3.82. The number of hydrogen-bond acceptors (Lipinski definition) is 3. The summed E-state index contributed by atoms with van der Waals surface area (Å²) >= 11 is 0. The van der Waals surface area contributed by atoms with E-state index in [4.69, 9.17) is 5.11 Å². The summed E-state index contributed by atoms with van der Waals surface area (Å²) in [4.78, 5) is 0. The maximum Gasteiger partial charge on any atom is 0.128 e. The zero-order valence-corrected chi connectivity index (χ0v) is 11.8. The molecule has 0 saturated carbocycles. The first kappa shape index (κ1) is 13.2. The van der Waals surface area contributed by atoms with E-state index < -0.39 is 0 Å². The second-order valence-corrected chi connectivity index (χ2v) is 5.44. The van der Waals surface area contributed by atoms with Crippen LogP contribution in [-0.2, 0) is 6.42 Å². The second-order valence-electron chi connectivity index (χ2n) is 5.44. The van der Waals surface area contributed by atoms with Gasteiger partial charge in [0.25, 0.3) is 0 Å². The molecule has 0 spiro atoms. The number of nitrogens with one attached hydrogen (secondary N) is 1. The number of benzene rings is 1. The molecule has 0 amide bonds. The molecular weight excluding hydrogens is 250 g/mol. The van der Waals surface area contributed by atoms with Crippen LogP contribution in [0.5, 0.6) is 0 Å². The van der Waals surface area contributed by atoms with Gasteiger partial charge in [0, 0.05) is 18.7 Å². The van der Waals surface area contributed by atoms with Crippen LogP contribution in [0.2, 0.25) is 0 Å². The van der Waals surface area contributed by atoms with Crippen molar-refractivity contribution in [1.82, 2.24) is 9.78 Å². The molecule has 4 nitrogen and oxygen atoms in total. The predicted octanol–water partition coefficient (Wildman–Crippen LogP) is 2.52. The predicted molar refractivity (Wildman–Crippen MR) is 80.1 cm³/mol. The van der Waals surface area contributed by atoms with E-state index in [0.717, 1.165) is 31.6 Å². The average Bonchev–Trinajstić information content (AvgIpc) is 2.88. The summed E-state index contributed by atoms with van der Waals surface area (Å²) in [6, 6.07) is 8.98. The highest BCUT2D eigenvalue weighted by molar-refractivity contribution is 5.47. The van der Waals surface area contributed by atoms with Crippen LogP contribution in [0.1, 0.15) is 35.6 Å². The van der Waals surface area contributed by atoms with Crippen LogP contribution >= 0.6 is 0 Å². The van der Waals surface area contributed by atoms with Crippen LogP contribution in [-0.4, -0.2) is 28.0 Å². The van der Waals surface area contributed by atoms with Crippen LogP contribution in [0, 0.1) is 6.92 Å². The molecule has 1 aliphatic rings. The summed E-state index contributed by atoms with van der Waals surface area (Å²) in [6.45, 7) is 3.32. The number of aliphatic hydroxyl groups excluding tert-OH is 1. The summed E-state index contributed by atoms with van der Waals surface area (Å²) in [5.74, 6) is 1.12. The Morgan fingerprint density at radius 2 is 2.35 bits per heavy atom. The van der Waals surface area contributed by atoms with E-state index in [1.807, 2.05) is 6.20 Å². The lowest BCUT2D eigenvalue weighted by atomic mass is 10.00. The fraction of sp³-hybridized carbons (Fsp3) is 0.438. The Bertz CT molecular complexity index is 591. The number of hydrogen-bond donors (Lipinski definition) is 2. The van der Waals surface area contributed by atoms with Crippen molar-refractivity contribution in [2.45, 2.75) is 32.2 Å². The molecule has 1 atom stereocenters. The van der Waals surface area contributed by atoms with Crippen molar-refractivity contribution >= 4 is 5.82 Å². The summed E-state index contributed by atoms with van der Waals surface area (Å²) < 4.78 is 2.10. The van der Waals surface area contributed by atoms with Crippen LogP contribution < -0.4 is 5.32 Å². The van der Waals surface area contributed by atoms with E-state index in [0.29, 0.717) is 6.04 Å². The number of nitrogens with zero attached hydrogens (tertiary/aromatic N) is 2. The minimum atomic E-state index is 0.228. The van der Waals surface area contributed by atoms with Gasteiger partial charge in [-0.3, -0.25) is 0 Å². The van der Waals surface area contributed by atoms with Gasteiger partial charge >= 0.3 is 0 Å². The number of fused-ring (bicyclic) bond motifs is 1. The van der Waals surface area contributed by atoms with Gasteiger partial charge in [0.15, 0.2) is 0 Å². The lowest BCUT2D eigenvalue weighted by molar-refractivity contribution is 0.288. The molecule has 2 N–H and O–H groups in total. The van der Waals surface area contributed by atoms with Gasteiger partial charge in [-0.25, -0.2) is 4.68 Å². The number of anilines is 1. The second kappa shape index (κ2) is 5.67. The van der Waals surface area contributed by atoms with Gasteiger partial charge in [-0.2, -0.15) is 5.10 Å². The fourth-order valence-corrected chi connectivity index (χ4v) is 2.92. The molecule has 0 aliphatic carbocycles. The van der Waals surface area contributed by atoms with E-state index in [1.165, 1.54) is 16.7 Å². The van der Waals surface area contributed by atoms with Gasteiger partial charge in [0.1, 0.15) is 5.82 Å². The van der Waals surface area contributed by atoms with Crippen molar-refractivity contribution < 1.29 is 5.11 Å². The topological polar surface area (TPSA) is 50.1 Å². The van der Waals surface area contributed by atoms with Crippen LogP contribution in [0.3, 0.4) is 0 Å². The molecule has 4 heteroatoms. The number of rotatable bonds is 4. The summed E-state index contributed by atoms with van der Waals surface area (Å²) in [6.07, 6.45) is 4.65. The fourth-order valence-electron chi connectivity index (χ4n) is 2.92.